The predicted molar refractivity (Wildman–Crippen MR) is 105 cm³/mol. The van der Waals surface area contributed by atoms with Gasteiger partial charge in [-0.3, -0.25) is 9.10 Å². The molecule has 0 radical (unpaired) electrons. The third-order valence-corrected chi connectivity index (χ3v) is 5.20. The number of benzene rings is 2. The standard InChI is InChI=1S/C17H18Cl2N2O4S/c1-11(17(22)20-14-8-12(18)7-13(19)9-14)21(26(3,23)24)15-5-4-6-16(10-15)25-2/h4-11H,1-3H3,(H,20,22)/t11-/m1/s1. The van der Waals surface area contributed by atoms with Gasteiger partial charge in [-0.15, -0.1) is 0 Å². The maximum Gasteiger partial charge on any atom is 0.247 e. The van der Waals surface area contributed by atoms with Crippen LogP contribution in [0, 0.1) is 0 Å². The van der Waals surface area contributed by atoms with Crippen LogP contribution in [-0.4, -0.2) is 33.7 Å². The lowest BCUT2D eigenvalue weighted by molar-refractivity contribution is -0.116. The molecule has 2 rings (SSSR count). The van der Waals surface area contributed by atoms with Crippen molar-refractivity contribution in [2.24, 2.45) is 0 Å². The average molecular weight is 417 g/mol. The SMILES string of the molecule is COc1cccc(N([C@H](C)C(=O)Nc2cc(Cl)cc(Cl)c2)S(C)(=O)=O)c1. The van der Waals surface area contributed by atoms with Gasteiger partial charge in [-0.05, 0) is 37.3 Å². The van der Waals surface area contributed by atoms with Crippen molar-refractivity contribution in [3.63, 3.8) is 0 Å². The highest BCUT2D eigenvalue weighted by Crippen LogP contribution is 2.27. The molecule has 2 aromatic rings. The molecular weight excluding hydrogens is 399 g/mol. The normalized spacial score (nSPS) is 12.3. The molecule has 140 valence electrons. The summed E-state index contributed by atoms with van der Waals surface area (Å²) in [6, 6.07) is 10.0. The zero-order chi connectivity index (χ0) is 19.5. The smallest absolute Gasteiger partial charge is 0.247 e. The molecule has 6 nitrogen and oxygen atoms in total. The molecule has 26 heavy (non-hydrogen) atoms. The molecule has 1 N–H and O–H groups in total. The van der Waals surface area contributed by atoms with Gasteiger partial charge in [-0.1, -0.05) is 29.3 Å². The first-order valence-electron chi connectivity index (χ1n) is 7.52. The third-order valence-electron chi connectivity index (χ3n) is 3.53. The zero-order valence-corrected chi connectivity index (χ0v) is 16.7. The fourth-order valence-corrected chi connectivity index (χ4v) is 4.12. The van der Waals surface area contributed by atoms with E-state index in [0.29, 0.717) is 27.2 Å². The molecule has 1 atom stereocenters. The number of carbonyl (C=O) groups excluding carboxylic acids is 1. The largest absolute Gasteiger partial charge is 0.497 e. The Kier molecular flexibility index (Phi) is 6.39. The molecule has 9 heteroatoms. The number of sulfonamides is 1. The topological polar surface area (TPSA) is 75.7 Å². The van der Waals surface area contributed by atoms with Crippen LogP contribution in [0.5, 0.6) is 5.75 Å². The number of methoxy groups -OCH3 is 1. The highest BCUT2D eigenvalue weighted by atomic mass is 35.5. The number of nitrogens with one attached hydrogen (secondary N) is 1. The lowest BCUT2D eigenvalue weighted by atomic mass is 10.2. The van der Waals surface area contributed by atoms with Crippen molar-refractivity contribution in [1.29, 1.82) is 0 Å². The van der Waals surface area contributed by atoms with Crippen LogP contribution >= 0.6 is 23.2 Å². The van der Waals surface area contributed by atoms with Gasteiger partial charge in [0.2, 0.25) is 15.9 Å². The number of ether oxygens (including phenoxy) is 1. The molecule has 2 aromatic carbocycles. The second kappa shape index (κ2) is 8.16. The Morgan fingerprint density at radius 1 is 1.15 bits per heavy atom. The molecule has 0 aliphatic heterocycles. The number of halogens is 2. The first kappa shape index (κ1) is 20.4. The molecule has 1 amide bonds. The molecule has 0 unspecified atom stereocenters. The van der Waals surface area contributed by atoms with E-state index in [2.05, 4.69) is 5.32 Å². The number of anilines is 2. The summed E-state index contributed by atoms with van der Waals surface area (Å²) >= 11 is 11.8. The number of nitrogens with zero attached hydrogens (tertiary/aromatic N) is 1. The average Bonchev–Trinajstić information content (AvgIpc) is 2.52. The third kappa shape index (κ3) is 5.03. The van der Waals surface area contributed by atoms with Crippen LogP contribution < -0.4 is 14.4 Å². The molecule has 0 aromatic heterocycles. The molecule has 0 bridgehead atoms. The summed E-state index contributed by atoms with van der Waals surface area (Å²) in [6.07, 6.45) is 1.03. The maximum absolute atomic E-state index is 12.6. The number of carbonyl (C=O) groups is 1. The lowest BCUT2D eigenvalue weighted by Crippen LogP contribution is -2.45. The molecule has 0 saturated carbocycles. The van der Waals surface area contributed by atoms with Crippen molar-refractivity contribution in [1.82, 2.24) is 0 Å². The van der Waals surface area contributed by atoms with Crippen molar-refractivity contribution >= 4 is 50.5 Å². The Balaban J connectivity index is 2.34. The molecule has 0 fully saturated rings. The minimum absolute atomic E-state index is 0.318. The van der Waals surface area contributed by atoms with Gasteiger partial charge < -0.3 is 10.1 Å². The second-order valence-corrected chi connectivity index (χ2v) is 8.32. The summed E-state index contributed by atoms with van der Waals surface area (Å²) in [5, 5.41) is 3.34. The number of hydrogen-bond donors (Lipinski definition) is 1. The minimum Gasteiger partial charge on any atom is -0.497 e. The van der Waals surface area contributed by atoms with E-state index >= 15 is 0 Å². The van der Waals surface area contributed by atoms with Crippen LogP contribution in [0.1, 0.15) is 6.92 Å². The summed E-state index contributed by atoms with van der Waals surface area (Å²) in [7, 11) is -2.26. The quantitative estimate of drug-likeness (QED) is 0.776. The van der Waals surface area contributed by atoms with E-state index in [1.165, 1.54) is 32.2 Å². The van der Waals surface area contributed by atoms with Crippen molar-refractivity contribution in [3.05, 3.63) is 52.5 Å². The number of hydrogen-bond acceptors (Lipinski definition) is 4. The van der Waals surface area contributed by atoms with Gasteiger partial charge >= 0.3 is 0 Å². The van der Waals surface area contributed by atoms with Gasteiger partial charge in [0, 0.05) is 21.8 Å². The number of amides is 1. The van der Waals surface area contributed by atoms with Crippen LogP contribution in [0.4, 0.5) is 11.4 Å². The van der Waals surface area contributed by atoms with Gasteiger partial charge in [-0.2, -0.15) is 0 Å². The summed E-state index contributed by atoms with van der Waals surface area (Å²) in [4.78, 5) is 12.6. The van der Waals surface area contributed by atoms with Gasteiger partial charge in [0.25, 0.3) is 0 Å². The van der Waals surface area contributed by atoms with Gasteiger partial charge in [-0.25, -0.2) is 8.42 Å². The van der Waals surface area contributed by atoms with E-state index in [4.69, 9.17) is 27.9 Å². The van der Waals surface area contributed by atoms with E-state index in [1.807, 2.05) is 0 Å². The van der Waals surface area contributed by atoms with Crippen LogP contribution in [0.25, 0.3) is 0 Å². The second-order valence-electron chi connectivity index (χ2n) is 5.58. The van der Waals surface area contributed by atoms with Crippen LogP contribution in [0.2, 0.25) is 10.0 Å². The summed E-state index contributed by atoms with van der Waals surface area (Å²) in [5.74, 6) is -0.0537. The maximum atomic E-state index is 12.6. The Morgan fingerprint density at radius 3 is 2.31 bits per heavy atom. The van der Waals surface area contributed by atoms with E-state index in [-0.39, 0.29) is 0 Å². The molecule has 0 spiro atoms. The number of rotatable bonds is 6. The van der Waals surface area contributed by atoms with Crippen LogP contribution in [0.3, 0.4) is 0 Å². The monoisotopic (exact) mass is 416 g/mol. The Bertz CT molecular complexity index is 898. The van der Waals surface area contributed by atoms with Crippen molar-refractivity contribution < 1.29 is 17.9 Å². The molecule has 0 aliphatic carbocycles. The fraction of sp³-hybridized carbons (Fsp3) is 0.235. The van der Waals surface area contributed by atoms with E-state index < -0.39 is 22.0 Å². The summed E-state index contributed by atoms with van der Waals surface area (Å²) in [6.45, 7) is 1.49. The predicted octanol–water partition coefficient (Wildman–Crippen LogP) is 3.80. The molecule has 0 aliphatic rings. The lowest BCUT2D eigenvalue weighted by Gasteiger charge is -2.28. The van der Waals surface area contributed by atoms with Crippen LogP contribution in [0.15, 0.2) is 42.5 Å². The van der Waals surface area contributed by atoms with Gasteiger partial charge in [0.1, 0.15) is 11.8 Å². The van der Waals surface area contributed by atoms with Gasteiger partial charge in [0.05, 0.1) is 19.1 Å². The highest BCUT2D eigenvalue weighted by Gasteiger charge is 2.29. The summed E-state index contributed by atoms with van der Waals surface area (Å²) in [5.41, 5.74) is 0.692. The van der Waals surface area contributed by atoms with E-state index in [9.17, 15) is 13.2 Å². The van der Waals surface area contributed by atoms with Crippen LogP contribution in [-0.2, 0) is 14.8 Å². The molecular formula is C17H18Cl2N2O4S. The summed E-state index contributed by atoms with van der Waals surface area (Å²) < 4.78 is 30.8. The highest BCUT2D eigenvalue weighted by molar-refractivity contribution is 7.92. The first-order chi connectivity index (χ1) is 12.1. The molecule has 0 saturated heterocycles. The fourth-order valence-electron chi connectivity index (χ4n) is 2.43. The minimum atomic E-state index is -3.73. The van der Waals surface area contributed by atoms with Crippen molar-refractivity contribution in [3.8, 4) is 5.75 Å². The Hall–Kier alpha value is -1.96. The zero-order valence-electron chi connectivity index (χ0n) is 14.4. The van der Waals surface area contributed by atoms with Crippen molar-refractivity contribution in [2.45, 2.75) is 13.0 Å². The van der Waals surface area contributed by atoms with E-state index in [0.717, 1.165) is 10.6 Å². The first-order valence-corrected chi connectivity index (χ1v) is 10.1. The van der Waals surface area contributed by atoms with Crippen molar-refractivity contribution in [2.75, 3.05) is 23.0 Å². The Morgan fingerprint density at radius 2 is 1.77 bits per heavy atom. The van der Waals surface area contributed by atoms with Gasteiger partial charge in [0.15, 0.2) is 0 Å². The Labute approximate surface area is 162 Å². The van der Waals surface area contributed by atoms with E-state index in [1.54, 1.807) is 24.3 Å². The molecule has 0 heterocycles.